The average molecular weight is 237 g/mol. The molecule has 1 atom stereocenters. The van der Waals surface area contributed by atoms with E-state index < -0.39 is 15.4 Å². The van der Waals surface area contributed by atoms with Crippen LogP contribution in [0.1, 0.15) is 20.3 Å². The van der Waals surface area contributed by atoms with E-state index in [0.717, 1.165) is 0 Å². The zero-order valence-corrected chi connectivity index (χ0v) is 9.93. The maximum atomic E-state index is 11.6. The molecule has 15 heavy (non-hydrogen) atoms. The van der Waals surface area contributed by atoms with E-state index in [1.54, 1.807) is 6.92 Å². The third-order valence-electron chi connectivity index (χ3n) is 2.45. The van der Waals surface area contributed by atoms with Gasteiger partial charge in [0.2, 0.25) is 15.9 Å². The van der Waals surface area contributed by atoms with Crippen LogP contribution in [0.4, 0.5) is 0 Å². The summed E-state index contributed by atoms with van der Waals surface area (Å²) in [7, 11) is -3.52. The van der Waals surface area contributed by atoms with Crippen molar-refractivity contribution in [1.29, 1.82) is 0 Å². The maximum absolute atomic E-state index is 11.6. The highest BCUT2D eigenvalue weighted by atomic mass is 32.2. The van der Waals surface area contributed by atoms with Gasteiger partial charge in [-0.25, -0.2) is 13.6 Å². The Bertz CT molecular complexity index is 309. The number of hydrogen-bond donors (Lipinski definition) is 3. The third-order valence-corrected chi connectivity index (χ3v) is 3.22. The fourth-order valence-corrected chi connectivity index (χ4v) is 1.30. The van der Waals surface area contributed by atoms with Gasteiger partial charge in [0.25, 0.3) is 0 Å². The van der Waals surface area contributed by atoms with Crippen LogP contribution in [0.25, 0.3) is 0 Å². The fraction of sp³-hybridized carbons (Fsp3) is 0.875. The van der Waals surface area contributed by atoms with Crippen LogP contribution in [0.5, 0.6) is 0 Å². The van der Waals surface area contributed by atoms with Gasteiger partial charge in [-0.1, -0.05) is 6.92 Å². The standard InChI is InChI=1S/C8H19N3O3S/c1-3-8(2,6-9)7(12)11-4-5-15(10,13)14/h3-6,9H2,1-2H3,(H,11,12)(H2,10,13,14). The van der Waals surface area contributed by atoms with Gasteiger partial charge in [0.1, 0.15) is 0 Å². The summed E-state index contributed by atoms with van der Waals surface area (Å²) < 4.78 is 21.2. The quantitative estimate of drug-likeness (QED) is 0.536. The molecule has 0 saturated carbocycles. The van der Waals surface area contributed by atoms with Crippen molar-refractivity contribution < 1.29 is 13.2 Å². The molecule has 0 aromatic carbocycles. The lowest BCUT2D eigenvalue weighted by atomic mass is 9.87. The highest BCUT2D eigenvalue weighted by molar-refractivity contribution is 7.89. The van der Waals surface area contributed by atoms with Crippen LogP contribution in [-0.4, -0.2) is 33.2 Å². The Morgan fingerprint density at radius 3 is 2.33 bits per heavy atom. The predicted molar refractivity (Wildman–Crippen MR) is 58.4 cm³/mol. The molecule has 0 saturated heterocycles. The molecule has 0 aliphatic carbocycles. The summed E-state index contributed by atoms with van der Waals surface area (Å²) in [6.45, 7) is 3.84. The van der Waals surface area contributed by atoms with Crippen LogP contribution in [0.15, 0.2) is 0 Å². The summed E-state index contributed by atoms with van der Waals surface area (Å²) in [5.41, 5.74) is 4.83. The monoisotopic (exact) mass is 237 g/mol. The summed E-state index contributed by atoms with van der Waals surface area (Å²) in [6.07, 6.45) is 0.602. The van der Waals surface area contributed by atoms with E-state index in [1.807, 2.05) is 6.92 Å². The molecule has 1 unspecified atom stereocenters. The minimum Gasteiger partial charge on any atom is -0.355 e. The minimum absolute atomic E-state index is 0.0211. The number of sulfonamides is 1. The summed E-state index contributed by atoms with van der Waals surface area (Å²) in [5, 5.41) is 7.30. The summed E-state index contributed by atoms with van der Waals surface area (Å²) in [5.74, 6) is -0.500. The second kappa shape index (κ2) is 5.43. The topological polar surface area (TPSA) is 115 Å². The molecule has 0 bridgehead atoms. The van der Waals surface area contributed by atoms with Crippen LogP contribution in [0.2, 0.25) is 0 Å². The molecular formula is C8H19N3O3S. The lowest BCUT2D eigenvalue weighted by Crippen LogP contribution is -2.45. The first-order valence-corrected chi connectivity index (χ1v) is 6.45. The SMILES string of the molecule is CCC(C)(CN)C(=O)NCCS(N)(=O)=O. The molecular weight excluding hydrogens is 218 g/mol. The number of carbonyl (C=O) groups excluding carboxylic acids is 1. The predicted octanol–water partition coefficient (Wildman–Crippen LogP) is -1.23. The minimum atomic E-state index is -3.52. The molecule has 0 heterocycles. The molecule has 0 aromatic heterocycles. The molecule has 1 amide bonds. The van der Waals surface area contributed by atoms with Crippen molar-refractivity contribution in [3.8, 4) is 0 Å². The highest BCUT2D eigenvalue weighted by Gasteiger charge is 2.29. The van der Waals surface area contributed by atoms with E-state index in [9.17, 15) is 13.2 Å². The van der Waals surface area contributed by atoms with Gasteiger partial charge in [0.15, 0.2) is 0 Å². The molecule has 0 aliphatic rings. The lowest BCUT2D eigenvalue weighted by molar-refractivity contribution is -0.129. The van der Waals surface area contributed by atoms with Gasteiger partial charge >= 0.3 is 0 Å². The summed E-state index contributed by atoms with van der Waals surface area (Å²) in [4.78, 5) is 11.6. The van der Waals surface area contributed by atoms with Crippen LogP contribution in [-0.2, 0) is 14.8 Å². The third kappa shape index (κ3) is 5.10. The molecule has 0 aliphatic heterocycles. The van der Waals surface area contributed by atoms with Gasteiger partial charge in [0, 0.05) is 13.1 Å². The number of primary sulfonamides is 1. The molecule has 0 aromatic rings. The van der Waals surface area contributed by atoms with Gasteiger partial charge in [-0.2, -0.15) is 0 Å². The molecule has 0 radical (unpaired) electrons. The van der Waals surface area contributed by atoms with E-state index in [0.29, 0.717) is 6.42 Å². The summed E-state index contributed by atoms with van der Waals surface area (Å²) >= 11 is 0. The molecule has 6 nitrogen and oxygen atoms in total. The van der Waals surface area contributed by atoms with Crippen LogP contribution < -0.4 is 16.2 Å². The van der Waals surface area contributed by atoms with Gasteiger partial charge in [-0.05, 0) is 13.3 Å². The first kappa shape index (κ1) is 14.3. The number of carbonyl (C=O) groups is 1. The van der Waals surface area contributed by atoms with E-state index >= 15 is 0 Å². The van der Waals surface area contributed by atoms with Crippen molar-refractivity contribution in [3.05, 3.63) is 0 Å². The fourth-order valence-electron chi connectivity index (χ4n) is 0.918. The van der Waals surface area contributed by atoms with Crippen LogP contribution >= 0.6 is 0 Å². The first-order chi connectivity index (χ1) is 6.75. The highest BCUT2D eigenvalue weighted by Crippen LogP contribution is 2.18. The molecule has 0 spiro atoms. The zero-order valence-electron chi connectivity index (χ0n) is 9.12. The number of rotatable bonds is 6. The molecule has 7 heteroatoms. The van der Waals surface area contributed by atoms with E-state index in [-0.39, 0.29) is 24.7 Å². The Balaban J connectivity index is 4.15. The summed E-state index contributed by atoms with van der Waals surface area (Å²) in [6, 6.07) is 0. The van der Waals surface area contributed by atoms with Crippen molar-refractivity contribution in [2.45, 2.75) is 20.3 Å². The average Bonchev–Trinajstić information content (AvgIpc) is 2.14. The Morgan fingerprint density at radius 2 is 2.00 bits per heavy atom. The molecule has 90 valence electrons. The van der Waals surface area contributed by atoms with Gasteiger partial charge in [-0.15, -0.1) is 0 Å². The number of amides is 1. The van der Waals surface area contributed by atoms with E-state index in [2.05, 4.69) is 5.32 Å². The normalized spacial score (nSPS) is 15.7. The van der Waals surface area contributed by atoms with Crippen molar-refractivity contribution in [1.82, 2.24) is 5.32 Å². The number of nitrogens with two attached hydrogens (primary N) is 2. The van der Waals surface area contributed by atoms with Gasteiger partial charge in [-0.3, -0.25) is 4.79 Å². The Labute approximate surface area is 90.4 Å². The van der Waals surface area contributed by atoms with Crippen LogP contribution in [0, 0.1) is 5.41 Å². The van der Waals surface area contributed by atoms with Crippen molar-refractivity contribution in [2.75, 3.05) is 18.8 Å². The molecule has 0 rings (SSSR count). The largest absolute Gasteiger partial charge is 0.355 e. The van der Waals surface area contributed by atoms with Crippen molar-refractivity contribution in [3.63, 3.8) is 0 Å². The van der Waals surface area contributed by atoms with Crippen molar-refractivity contribution >= 4 is 15.9 Å². The van der Waals surface area contributed by atoms with Crippen molar-refractivity contribution in [2.24, 2.45) is 16.3 Å². The lowest BCUT2D eigenvalue weighted by Gasteiger charge is -2.24. The smallest absolute Gasteiger partial charge is 0.227 e. The molecule has 0 fully saturated rings. The Hall–Kier alpha value is -0.660. The van der Waals surface area contributed by atoms with E-state index in [1.165, 1.54) is 0 Å². The number of nitrogens with one attached hydrogen (secondary N) is 1. The zero-order chi connectivity index (χ0) is 12.1. The van der Waals surface area contributed by atoms with Crippen LogP contribution in [0.3, 0.4) is 0 Å². The second-order valence-corrected chi connectivity index (χ2v) is 5.48. The second-order valence-electron chi connectivity index (χ2n) is 3.74. The molecule has 5 N–H and O–H groups in total. The van der Waals surface area contributed by atoms with Gasteiger partial charge < -0.3 is 11.1 Å². The van der Waals surface area contributed by atoms with Gasteiger partial charge in [0.05, 0.1) is 11.2 Å². The Morgan fingerprint density at radius 1 is 1.47 bits per heavy atom. The first-order valence-electron chi connectivity index (χ1n) is 4.74. The Kier molecular flexibility index (Phi) is 5.19. The van der Waals surface area contributed by atoms with E-state index in [4.69, 9.17) is 10.9 Å². The maximum Gasteiger partial charge on any atom is 0.227 e. The number of hydrogen-bond acceptors (Lipinski definition) is 4.